The molecule has 3 nitrogen and oxygen atoms in total. The Hall–Kier alpha value is -1.35. The number of amides is 1. The number of anilines is 1. The number of aliphatic hydroxyl groups is 1. The van der Waals surface area contributed by atoms with Crippen LogP contribution < -0.4 is 4.90 Å². The van der Waals surface area contributed by atoms with Crippen LogP contribution >= 0.6 is 0 Å². The normalized spacial score (nSPS) is 23.8. The standard InChI is InChI=1S/C15H21NO2/c1-9-5-10(2)15(11(3)6-9)16-12(4)13(8-17)7-14(16)18/h5-6,12-13,17H,7-8H2,1-4H3. The van der Waals surface area contributed by atoms with Crippen molar-refractivity contribution in [1.29, 1.82) is 0 Å². The Morgan fingerprint density at radius 3 is 2.28 bits per heavy atom. The van der Waals surface area contributed by atoms with Crippen LogP contribution in [0.2, 0.25) is 0 Å². The van der Waals surface area contributed by atoms with E-state index in [9.17, 15) is 9.90 Å². The zero-order valence-corrected chi connectivity index (χ0v) is 11.5. The van der Waals surface area contributed by atoms with Crippen LogP contribution in [0.1, 0.15) is 30.0 Å². The van der Waals surface area contributed by atoms with Crippen LogP contribution in [-0.2, 0) is 4.79 Å². The molecule has 2 unspecified atom stereocenters. The summed E-state index contributed by atoms with van der Waals surface area (Å²) in [5.41, 5.74) is 4.50. The minimum Gasteiger partial charge on any atom is -0.396 e. The molecule has 0 saturated carbocycles. The number of hydrogen-bond acceptors (Lipinski definition) is 2. The summed E-state index contributed by atoms with van der Waals surface area (Å²) in [6.45, 7) is 8.25. The summed E-state index contributed by atoms with van der Waals surface area (Å²) in [4.78, 5) is 14.0. The van der Waals surface area contributed by atoms with E-state index in [1.165, 1.54) is 5.56 Å². The zero-order chi connectivity index (χ0) is 13.4. The van der Waals surface area contributed by atoms with Gasteiger partial charge in [-0.15, -0.1) is 0 Å². The van der Waals surface area contributed by atoms with E-state index in [0.717, 1.165) is 16.8 Å². The van der Waals surface area contributed by atoms with Gasteiger partial charge < -0.3 is 10.0 Å². The third-order valence-electron chi connectivity index (χ3n) is 3.91. The summed E-state index contributed by atoms with van der Waals surface area (Å²) in [6.07, 6.45) is 0.449. The maximum Gasteiger partial charge on any atom is 0.227 e. The first-order chi connectivity index (χ1) is 8.45. The highest BCUT2D eigenvalue weighted by atomic mass is 16.3. The molecular formula is C15H21NO2. The van der Waals surface area contributed by atoms with Gasteiger partial charge in [0.05, 0.1) is 0 Å². The molecule has 1 aromatic rings. The van der Waals surface area contributed by atoms with Crippen molar-refractivity contribution < 1.29 is 9.90 Å². The fraction of sp³-hybridized carbons (Fsp3) is 0.533. The molecule has 1 aliphatic heterocycles. The van der Waals surface area contributed by atoms with Crippen molar-refractivity contribution in [3.8, 4) is 0 Å². The molecule has 0 radical (unpaired) electrons. The van der Waals surface area contributed by atoms with Crippen LogP contribution in [0.25, 0.3) is 0 Å². The van der Waals surface area contributed by atoms with Crippen molar-refractivity contribution >= 4 is 11.6 Å². The van der Waals surface area contributed by atoms with Crippen molar-refractivity contribution in [3.05, 3.63) is 28.8 Å². The largest absolute Gasteiger partial charge is 0.396 e. The van der Waals surface area contributed by atoms with Crippen molar-refractivity contribution in [1.82, 2.24) is 0 Å². The van der Waals surface area contributed by atoms with Crippen LogP contribution in [0.5, 0.6) is 0 Å². The zero-order valence-electron chi connectivity index (χ0n) is 11.5. The van der Waals surface area contributed by atoms with E-state index in [1.54, 1.807) is 0 Å². The van der Waals surface area contributed by atoms with Crippen molar-refractivity contribution in [2.75, 3.05) is 11.5 Å². The average molecular weight is 247 g/mol. The molecule has 0 aliphatic carbocycles. The Kier molecular flexibility index (Phi) is 3.44. The van der Waals surface area contributed by atoms with E-state index in [0.29, 0.717) is 6.42 Å². The molecule has 18 heavy (non-hydrogen) atoms. The smallest absolute Gasteiger partial charge is 0.227 e. The molecule has 1 aliphatic rings. The number of rotatable bonds is 2. The van der Waals surface area contributed by atoms with Gasteiger partial charge in [0.2, 0.25) is 5.91 Å². The van der Waals surface area contributed by atoms with Gasteiger partial charge in [-0.25, -0.2) is 0 Å². The molecule has 98 valence electrons. The Morgan fingerprint density at radius 2 is 1.83 bits per heavy atom. The predicted octanol–water partition coefficient (Wildman–Crippen LogP) is 2.35. The summed E-state index contributed by atoms with van der Waals surface area (Å²) in [6, 6.07) is 4.28. The van der Waals surface area contributed by atoms with Crippen LogP contribution in [-0.4, -0.2) is 23.7 Å². The molecule has 2 atom stereocenters. The topological polar surface area (TPSA) is 40.5 Å². The Labute approximate surface area is 108 Å². The van der Waals surface area contributed by atoms with Crippen molar-refractivity contribution in [2.24, 2.45) is 5.92 Å². The highest BCUT2D eigenvalue weighted by Gasteiger charge is 2.38. The van der Waals surface area contributed by atoms with Crippen LogP contribution in [0.4, 0.5) is 5.69 Å². The third-order valence-corrected chi connectivity index (χ3v) is 3.91. The highest BCUT2D eigenvalue weighted by molar-refractivity contribution is 5.98. The van der Waals surface area contributed by atoms with Gasteiger partial charge in [0.15, 0.2) is 0 Å². The second-order valence-electron chi connectivity index (χ2n) is 5.40. The Balaban J connectivity index is 2.46. The number of benzene rings is 1. The van der Waals surface area contributed by atoms with Crippen molar-refractivity contribution in [2.45, 2.75) is 40.2 Å². The molecule has 1 aromatic carbocycles. The lowest BCUT2D eigenvalue weighted by atomic mass is 10.0. The van der Waals surface area contributed by atoms with Gasteiger partial charge >= 0.3 is 0 Å². The minimum atomic E-state index is 0.0533. The number of hydrogen-bond donors (Lipinski definition) is 1. The summed E-state index contributed by atoms with van der Waals surface area (Å²) in [7, 11) is 0. The lowest BCUT2D eigenvalue weighted by Gasteiger charge is -2.27. The van der Waals surface area contributed by atoms with Crippen LogP contribution in [0.15, 0.2) is 12.1 Å². The summed E-state index contributed by atoms with van der Waals surface area (Å²) >= 11 is 0. The average Bonchev–Trinajstić information content (AvgIpc) is 2.55. The number of nitrogens with zero attached hydrogens (tertiary/aromatic N) is 1. The highest BCUT2D eigenvalue weighted by Crippen LogP contribution is 2.35. The first-order valence-corrected chi connectivity index (χ1v) is 6.46. The van der Waals surface area contributed by atoms with Gasteiger partial charge in [-0.1, -0.05) is 17.7 Å². The number of carbonyl (C=O) groups is 1. The van der Waals surface area contributed by atoms with Gasteiger partial charge in [-0.2, -0.15) is 0 Å². The molecule has 1 N–H and O–H groups in total. The molecule has 1 saturated heterocycles. The molecule has 2 rings (SSSR count). The Bertz CT molecular complexity index is 458. The lowest BCUT2D eigenvalue weighted by Crippen LogP contribution is -2.34. The van der Waals surface area contributed by atoms with Crippen LogP contribution in [0, 0.1) is 26.7 Å². The number of carbonyl (C=O) groups excluding carboxylic acids is 1. The molecule has 0 spiro atoms. The van der Waals surface area contributed by atoms with Gasteiger partial charge in [-0.3, -0.25) is 4.79 Å². The van der Waals surface area contributed by atoms with E-state index < -0.39 is 0 Å². The lowest BCUT2D eigenvalue weighted by molar-refractivity contribution is -0.117. The number of aryl methyl sites for hydroxylation is 3. The monoisotopic (exact) mass is 247 g/mol. The van der Waals surface area contributed by atoms with E-state index in [4.69, 9.17) is 0 Å². The van der Waals surface area contributed by atoms with Crippen LogP contribution in [0.3, 0.4) is 0 Å². The van der Waals surface area contributed by atoms with Gasteiger partial charge in [0.25, 0.3) is 0 Å². The number of aliphatic hydroxyl groups excluding tert-OH is 1. The van der Waals surface area contributed by atoms with Crippen molar-refractivity contribution in [3.63, 3.8) is 0 Å². The molecule has 1 fully saturated rings. The van der Waals surface area contributed by atoms with E-state index in [2.05, 4.69) is 19.1 Å². The van der Waals surface area contributed by atoms with E-state index in [1.807, 2.05) is 25.7 Å². The first-order valence-electron chi connectivity index (χ1n) is 6.46. The van der Waals surface area contributed by atoms with Gasteiger partial charge in [-0.05, 0) is 38.8 Å². The second-order valence-corrected chi connectivity index (χ2v) is 5.40. The molecule has 0 aromatic heterocycles. The predicted molar refractivity (Wildman–Crippen MR) is 72.8 cm³/mol. The second kappa shape index (κ2) is 4.73. The summed E-state index contributed by atoms with van der Waals surface area (Å²) in [5, 5.41) is 9.32. The van der Waals surface area contributed by atoms with Gasteiger partial charge in [0.1, 0.15) is 0 Å². The molecule has 3 heteroatoms. The maximum atomic E-state index is 12.2. The molecule has 0 bridgehead atoms. The quantitative estimate of drug-likeness (QED) is 0.871. The fourth-order valence-corrected chi connectivity index (χ4v) is 3.03. The SMILES string of the molecule is Cc1cc(C)c(N2C(=O)CC(CO)C2C)c(C)c1. The summed E-state index contributed by atoms with van der Waals surface area (Å²) < 4.78 is 0. The molecule has 1 heterocycles. The van der Waals surface area contributed by atoms with Gasteiger partial charge in [0, 0.05) is 30.7 Å². The minimum absolute atomic E-state index is 0.0533. The third kappa shape index (κ3) is 2.03. The summed E-state index contributed by atoms with van der Waals surface area (Å²) in [5.74, 6) is 0.175. The fourth-order valence-electron chi connectivity index (χ4n) is 3.03. The van der Waals surface area contributed by atoms with E-state index in [-0.39, 0.29) is 24.5 Å². The molecular weight excluding hydrogens is 226 g/mol. The maximum absolute atomic E-state index is 12.2. The van der Waals surface area contributed by atoms with E-state index >= 15 is 0 Å². The first kappa shape index (κ1) is 13.1. The Morgan fingerprint density at radius 1 is 1.28 bits per heavy atom. The molecule has 1 amide bonds.